The van der Waals surface area contributed by atoms with Gasteiger partial charge in [-0.15, -0.1) is 0 Å². The van der Waals surface area contributed by atoms with Crippen molar-refractivity contribution in [2.45, 2.75) is 25.8 Å². The second-order valence-electron chi connectivity index (χ2n) is 5.35. The first kappa shape index (κ1) is 16.2. The summed E-state index contributed by atoms with van der Waals surface area (Å²) in [6.45, 7) is 4.62. The van der Waals surface area contributed by atoms with Gasteiger partial charge in [-0.05, 0) is 32.0 Å². The average molecular weight is 310 g/mol. The number of nitrogens with two attached hydrogens (primary N) is 1. The van der Waals surface area contributed by atoms with Crippen molar-refractivity contribution >= 4 is 17.3 Å². The molecule has 1 amide bonds. The van der Waals surface area contributed by atoms with E-state index >= 15 is 0 Å². The van der Waals surface area contributed by atoms with E-state index < -0.39 is 22.3 Å². The molecular weight excluding hydrogens is 291 g/mol. The molecule has 1 aromatic rings. The van der Waals surface area contributed by atoms with Crippen LogP contribution in [0, 0.1) is 15.9 Å². The van der Waals surface area contributed by atoms with Crippen LogP contribution in [0.25, 0.3) is 0 Å². The van der Waals surface area contributed by atoms with Crippen LogP contribution in [0.15, 0.2) is 12.1 Å². The number of hydrogen-bond acceptors (Lipinski definition) is 5. The second kappa shape index (κ2) is 6.69. The molecular formula is C14H19FN4O3. The molecule has 2 rings (SSSR count). The number of nitro benzene ring substituents is 1. The zero-order valence-corrected chi connectivity index (χ0v) is 12.3. The lowest BCUT2D eigenvalue weighted by Crippen LogP contribution is -2.47. The zero-order valence-electron chi connectivity index (χ0n) is 12.3. The number of amides is 1. The first-order valence-corrected chi connectivity index (χ1v) is 7.19. The third-order valence-electron chi connectivity index (χ3n) is 3.85. The van der Waals surface area contributed by atoms with Crippen molar-refractivity contribution in [3.8, 4) is 0 Å². The third kappa shape index (κ3) is 3.51. The second-order valence-corrected chi connectivity index (χ2v) is 5.35. The summed E-state index contributed by atoms with van der Waals surface area (Å²) in [5.41, 5.74) is 4.53. The van der Waals surface area contributed by atoms with Gasteiger partial charge in [-0.25, -0.2) is 4.39 Å². The van der Waals surface area contributed by atoms with Crippen LogP contribution in [0.1, 0.15) is 30.1 Å². The fourth-order valence-electron chi connectivity index (χ4n) is 2.67. The van der Waals surface area contributed by atoms with E-state index in [4.69, 9.17) is 5.73 Å². The molecule has 1 aliphatic rings. The normalized spacial score (nSPS) is 18.9. The number of carbonyl (C=O) groups excluding carboxylic acids is 1. The summed E-state index contributed by atoms with van der Waals surface area (Å²) >= 11 is 0. The Kier molecular flexibility index (Phi) is 4.92. The Balaban J connectivity index is 2.17. The topological polar surface area (TPSA) is 102 Å². The molecule has 1 aromatic carbocycles. The van der Waals surface area contributed by atoms with Crippen LogP contribution in [0.2, 0.25) is 0 Å². The molecule has 1 saturated heterocycles. The van der Waals surface area contributed by atoms with Crippen LogP contribution in [-0.2, 0) is 0 Å². The summed E-state index contributed by atoms with van der Waals surface area (Å²) in [6.07, 6.45) is 1.77. The predicted octanol–water partition coefficient (Wildman–Crippen LogP) is 1.53. The molecule has 0 saturated carbocycles. The quantitative estimate of drug-likeness (QED) is 0.499. The van der Waals surface area contributed by atoms with Gasteiger partial charge in [0.05, 0.1) is 16.6 Å². The van der Waals surface area contributed by atoms with Gasteiger partial charge in [0.2, 0.25) is 0 Å². The fourth-order valence-corrected chi connectivity index (χ4v) is 2.67. The summed E-state index contributed by atoms with van der Waals surface area (Å²) in [4.78, 5) is 24.5. The molecule has 0 bridgehead atoms. The number of rotatable bonds is 4. The maximum Gasteiger partial charge on any atom is 0.295 e. The number of nitro groups is 1. The van der Waals surface area contributed by atoms with Crippen LogP contribution in [-0.4, -0.2) is 41.4 Å². The van der Waals surface area contributed by atoms with Gasteiger partial charge in [0.25, 0.3) is 11.6 Å². The Morgan fingerprint density at radius 2 is 2.32 bits per heavy atom. The number of anilines is 1. The molecule has 0 aromatic heterocycles. The number of halogens is 1. The Hall–Kier alpha value is -2.22. The summed E-state index contributed by atoms with van der Waals surface area (Å²) in [7, 11) is 0. The van der Waals surface area contributed by atoms with E-state index in [1.807, 2.05) is 6.92 Å². The molecule has 0 radical (unpaired) electrons. The van der Waals surface area contributed by atoms with Gasteiger partial charge in [0.1, 0.15) is 11.5 Å². The number of likely N-dealkylation sites (N-methyl/N-ethyl adjacent to an activating group) is 1. The number of benzene rings is 1. The van der Waals surface area contributed by atoms with E-state index in [2.05, 4.69) is 10.2 Å². The molecule has 0 aliphatic carbocycles. The van der Waals surface area contributed by atoms with Crippen molar-refractivity contribution in [1.29, 1.82) is 0 Å². The maximum absolute atomic E-state index is 13.5. The molecule has 7 nitrogen and oxygen atoms in total. The molecule has 1 heterocycles. The van der Waals surface area contributed by atoms with Crippen LogP contribution < -0.4 is 11.1 Å². The number of nitrogens with zero attached hydrogens (tertiary/aromatic N) is 2. The van der Waals surface area contributed by atoms with Gasteiger partial charge < -0.3 is 16.0 Å². The Labute approximate surface area is 127 Å². The van der Waals surface area contributed by atoms with E-state index in [-0.39, 0.29) is 17.3 Å². The molecule has 1 aliphatic heterocycles. The molecule has 1 fully saturated rings. The first-order valence-electron chi connectivity index (χ1n) is 7.19. The molecule has 0 unspecified atom stereocenters. The van der Waals surface area contributed by atoms with Crippen molar-refractivity contribution in [3.05, 3.63) is 33.6 Å². The maximum atomic E-state index is 13.5. The number of nitrogen functional groups attached to an aromatic ring is 1. The predicted molar refractivity (Wildman–Crippen MR) is 80.1 cm³/mol. The highest BCUT2D eigenvalue weighted by Crippen LogP contribution is 2.27. The smallest absolute Gasteiger partial charge is 0.295 e. The Bertz CT molecular complexity index is 594. The van der Waals surface area contributed by atoms with E-state index in [9.17, 15) is 19.3 Å². The van der Waals surface area contributed by atoms with E-state index in [0.717, 1.165) is 32.0 Å². The molecule has 1 atom stereocenters. The van der Waals surface area contributed by atoms with E-state index in [0.29, 0.717) is 12.6 Å². The summed E-state index contributed by atoms with van der Waals surface area (Å²) in [5.74, 6) is -1.44. The van der Waals surface area contributed by atoms with Gasteiger partial charge >= 0.3 is 0 Å². The average Bonchev–Trinajstić information content (AvgIpc) is 2.49. The molecule has 3 N–H and O–H groups in total. The SMILES string of the molecule is CCN1CCC[C@@H](NC(=O)c2cc(F)cc([N+](=O)[O-])c2N)C1. The van der Waals surface area contributed by atoms with Crippen LogP contribution in [0.5, 0.6) is 0 Å². The van der Waals surface area contributed by atoms with Crippen molar-refractivity contribution in [3.63, 3.8) is 0 Å². The minimum absolute atomic E-state index is 0.0667. The highest BCUT2D eigenvalue weighted by molar-refractivity contribution is 6.01. The summed E-state index contributed by atoms with van der Waals surface area (Å²) in [6, 6.07) is 1.58. The number of carbonyl (C=O) groups is 1. The van der Waals surface area contributed by atoms with E-state index in [1.165, 1.54) is 0 Å². The van der Waals surface area contributed by atoms with Crippen molar-refractivity contribution in [1.82, 2.24) is 10.2 Å². The van der Waals surface area contributed by atoms with Crippen molar-refractivity contribution in [2.75, 3.05) is 25.4 Å². The molecule has 8 heteroatoms. The van der Waals surface area contributed by atoms with Crippen LogP contribution in [0.3, 0.4) is 0 Å². The highest BCUT2D eigenvalue weighted by Gasteiger charge is 2.25. The summed E-state index contributed by atoms with van der Waals surface area (Å²) in [5, 5.41) is 13.6. The monoisotopic (exact) mass is 310 g/mol. The van der Waals surface area contributed by atoms with Crippen molar-refractivity contribution in [2.24, 2.45) is 0 Å². The largest absolute Gasteiger partial charge is 0.393 e. The van der Waals surface area contributed by atoms with Gasteiger partial charge in [-0.3, -0.25) is 14.9 Å². The van der Waals surface area contributed by atoms with Gasteiger partial charge in [-0.2, -0.15) is 0 Å². The Morgan fingerprint density at radius 3 is 2.95 bits per heavy atom. The minimum Gasteiger partial charge on any atom is -0.393 e. The molecule has 22 heavy (non-hydrogen) atoms. The van der Waals surface area contributed by atoms with Gasteiger partial charge in [0.15, 0.2) is 0 Å². The lowest BCUT2D eigenvalue weighted by atomic mass is 10.0. The zero-order chi connectivity index (χ0) is 16.3. The first-order chi connectivity index (χ1) is 10.4. The molecule has 0 spiro atoms. The highest BCUT2D eigenvalue weighted by atomic mass is 19.1. The van der Waals surface area contributed by atoms with Crippen LogP contribution >= 0.6 is 0 Å². The Morgan fingerprint density at radius 1 is 1.59 bits per heavy atom. The minimum atomic E-state index is -0.857. The van der Waals surface area contributed by atoms with Gasteiger partial charge in [-0.1, -0.05) is 6.92 Å². The number of hydrogen-bond donors (Lipinski definition) is 2. The lowest BCUT2D eigenvalue weighted by molar-refractivity contribution is -0.384. The number of nitrogens with one attached hydrogen (secondary N) is 1. The third-order valence-corrected chi connectivity index (χ3v) is 3.85. The fraction of sp³-hybridized carbons (Fsp3) is 0.500. The number of likely N-dealkylation sites (tertiary alicyclic amines) is 1. The standard InChI is InChI=1S/C14H19FN4O3/c1-2-18-5-3-4-10(8-18)17-14(20)11-6-9(15)7-12(13(11)16)19(21)22/h6-7,10H,2-5,8,16H2,1H3,(H,17,20)/t10-/m1/s1. The van der Waals surface area contributed by atoms with Gasteiger partial charge in [0, 0.05) is 12.6 Å². The summed E-state index contributed by atoms with van der Waals surface area (Å²) < 4.78 is 13.5. The van der Waals surface area contributed by atoms with E-state index in [1.54, 1.807) is 0 Å². The lowest BCUT2D eigenvalue weighted by Gasteiger charge is -2.32. The van der Waals surface area contributed by atoms with Crippen molar-refractivity contribution < 1.29 is 14.1 Å². The molecule has 120 valence electrons. The van der Waals surface area contributed by atoms with Crippen LogP contribution in [0.4, 0.5) is 15.8 Å². The number of piperidine rings is 1.